The maximum atomic E-state index is 9.87. The zero-order valence-corrected chi connectivity index (χ0v) is 7.85. The van der Waals surface area contributed by atoms with E-state index in [-0.39, 0.29) is 0 Å². The summed E-state index contributed by atoms with van der Waals surface area (Å²) in [6.45, 7) is 6.06. The van der Waals surface area contributed by atoms with Gasteiger partial charge in [-0.05, 0) is 19.6 Å². The molecule has 0 aromatic heterocycles. The van der Waals surface area contributed by atoms with E-state index in [1.807, 2.05) is 19.6 Å². The summed E-state index contributed by atoms with van der Waals surface area (Å²) in [4.78, 5) is 0. The summed E-state index contributed by atoms with van der Waals surface area (Å²) >= 11 is -1.17. The van der Waals surface area contributed by atoms with Gasteiger partial charge in [0.15, 0.2) is 0 Å². The van der Waals surface area contributed by atoms with Gasteiger partial charge >= 0.3 is 22.0 Å². The first kappa shape index (κ1) is 7.87. The molecule has 0 aliphatic carbocycles. The lowest BCUT2D eigenvalue weighted by atomic mass is 11.8. The normalized spacial score (nSPS) is 12.0. The summed E-state index contributed by atoms with van der Waals surface area (Å²) in [5, 5.41) is 0. The van der Waals surface area contributed by atoms with Crippen LogP contribution in [0.2, 0.25) is 19.6 Å². The van der Waals surface area contributed by atoms with Crippen LogP contribution in [0.15, 0.2) is 0 Å². The molecule has 0 heterocycles. The van der Waals surface area contributed by atoms with Crippen LogP contribution in [0.5, 0.6) is 0 Å². The van der Waals surface area contributed by atoms with Crippen molar-refractivity contribution >= 4 is 8.32 Å². The fraction of sp³-hybridized carbons (Fsp3) is 1.00. The van der Waals surface area contributed by atoms with Crippen molar-refractivity contribution in [2.45, 2.75) is 19.6 Å². The van der Waals surface area contributed by atoms with Gasteiger partial charge in [0.25, 0.3) is 8.32 Å². The van der Waals surface area contributed by atoms with Crippen LogP contribution >= 0.6 is 0 Å². The minimum atomic E-state index is -1.42. The predicted octanol–water partition coefficient (Wildman–Crippen LogP) is -2.88. The van der Waals surface area contributed by atoms with Gasteiger partial charge in [-0.3, -0.25) is 0 Å². The minimum absolute atomic E-state index is 1.17. The molecule has 0 aromatic rings. The second kappa shape index (κ2) is 3.01. The van der Waals surface area contributed by atoms with Gasteiger partial charge in [0, 0.05) is 0 Å². The maximum absolute atomic E-state index is 9.87. The van der Waals surface area contributed by atoms with Crippen LogP contribution in [0.4, 0.5) is 0 Å². The highest BCUT2D eigenvalue weighted by molar-refractivity contribution is 6.69. The molecule has 0 radical (unpaired) electrons. The van der Waals surface area contributed by atoms with Gasteiger partial charge in [-0.2, -0.15) is 0 Å². The summed E-state index contributed by atoms with van der Waals surface area (Å²) in [7, 11) is -1.42. The molecular formula is C3H9IO2Si. The van der Waals surface area contributed by atoms with Gasteiger partial charge < -0.3 is 3.44 Å². The Morgan fingerprint density at radius 1 is 1.43 bits per heavy atom. The Labute approximate surface area is 56.4 Å². The lowest BCUT2D eigenvalue weighted by Gasteiger charge is -2.03. The first-order valence-corrected chi connectivity index (χ1v) is 7.18. The highest BCUT2D eigenvalue weighted by Gasteiger charge is 2.20. The Morgan fingerprint density at radius 2 is 1.86 bits per heavy atom. The molecule has 4 heteroatoms. The van der Waals surface area contributed by atoms with Crippen molar-refractivity contribution < 1.29 is 28.2 Å². The number of hydrogen-bond donors (Lipinski definition) is 0. The Balaban J connectivity index is 3.15. The second-order valence-corrected chi connectivity index (χ2v) is 8.31. The monoisotopic (exact) mass is 232 g/mol. The molecule has 0 spiro atoms. The van der Waals surface area contributed by atoms with Crippen LogP contribution in [0.1, 0.15) is 0 Å². The first-order chi connectivity index (χ1) is 3.06. The highest BCUT2D eigenvalue weighted by atomic mass is 127. The van der Waals surface area contributed by atoms with Gasteiger partial charge in [-0.1, -0.05) is 0 Å². The standard InChI is InChI=1S/C3H9IO2Si/c1-7(2,3)6-4-5/h1-3H3. The maximum Gasteiger partial charge on any atom is 0.439 e. The molecule has 0 unspecified atom stereocenters. The molecule has 0 aliphatic rings. The molecule has 0 saturated carbocycles. The molecule has 0 bridgehead atoms. The molecular weight excluding hydrogens is 223 g/mol. The van der Waals surface area contributed by atoms with E-state index >= 15 is 0 Å². The van der Waals surface area contributed by atoms with E-state index in [9.17, 15) is 3.44 Å². The number of halogens is 1. The van der Waals surface area contributed by atoms with Crippen molar-refractivity contribution in [1.82, 2.24) is 0 Å². The summed E-state index contributed by atoms with van der Waals surface area (Å²) in [6.07, 6.45) is 0. The van der Waals surface area contributed by atoms with Gasteiger partial charge in [0.1, 0.15) is 0 Å². The minimum Gasteiger partial charge on any atom is -0.568 e. The third-order valence-corrected chi connectivity index (χ3v) is 5.29. The molecule has 0 aromatic carbocycles. The largest absolute Gasteiger partial charge is 0.568 e. The van der Waals surface area contributed by atoms with Crippen LogP contribution in [0.25, 0.3) is 0 Å². The predicted molar refractivity (Wildman–Crippen MR) is 24.4 cm³/mol. The smallest absolute Gasteiger partial charge is 0.439 e. The van der Waals surface area contributed by atoms with E-state index in [2.05, 4.69) is 0 Å². The summed E-state index contributed by atoms with van der Waals surface area (Å²) in [5.74, 6) is 0. The molecule has 44 valence electrons. The van der Waals surface area contributed by atoms with Crippen LogP contribution in [0, 0.1) is 0 Å². The summed E-state index contributed by atoms with van der Waals surface area (Å²) in [6, 6.07) is 0. The average molecular weight is 232 g/mol. The molecule has 0 fully saturated rings. The Morgan fingerprint density at radius 3 is 1.86 bits per heavy atom. The fourth-order valence-electron chi connectivity index (χ4n) is 0.0945. The Bertz CT molecular complexity index is 51.4. The third kappa shape index (κ3) is 6.87. The first-order valence-electron chi connectivity index (χ1n) is 2.01. The Hall–Kier alpha value is 0.867. The fourth-order valence-corrected chi connectivity index (χ4v) is 1.90. The lowest BCUT2D eigenvalue weighted by molar-refractivity contribution is -1.25. The summed E-state index contributed by atoms with van der Waals surface area (Å²) in [5.41, 5.74) is 0. The summed E-state index contributed by atoms with van der Waals surface area (Å²) < 4.78 is 14.8. The molecule has 0 atom stereocenters. The van der Waals surface area contributed by atoms with Crippen LogP contribution in [0.3, 0.4) is 0 Å². The van der Waals surface area contributed by atoms with Gasteiger partial charge in [-0.15, -0.1) is 0 Å². The van der Waals surface area contributed by atoms with E-state index in [1.54, 1.807) is 0 Å². The second-order valence-electron chi connectivity index (χ2n) is 2.25. The SMILES string of the molecule is C[Si](C)(C)O[I+][O-]. The molecule has 0 amide bonds. The van der Waals surface area contributed by atoms with Crippen molar-refractivity contribution in [2.24, 2.45) is 0 Å². The molecule has 0 N–H and O–H groups in total. The van der Waals surface area contributed by atoms with E-state index in [0.717, 1.165) is 0 Å². The van der Waals surface area contributed by atoms with Crippen molar-refractivity contribution in [1.29, 1.82) is 0 Å². The van der Waals surface area contributed by atoms with Crippen molar-refractivity contribution in [3.8, 4) is 0 Å². The van der Waals surface area contributed by atoms with Crippen LogP contribution < -0.4 is 25.5 Å². The van der Waals surface area contributed by atoms with Crippen molar-refractivity contribution in [2.75, 3.05) is 0 Å². The van der Waals surface area contributed by atoms with E-state index in [4.69, 9.17) is 2.76 Å². The van der Waals surface area contributed by atoms with E-state index in [1.165, 1.54) is 0 Å². The van der Waals surface area contributed by atoms with Crippen LogP contribution in [-0.4, -0.2) is 8.32 Å². The zero-order chi connectivity index (χ0) is 5.91. The Kier molecular flexibility index (Phi) is 3.38. The topological polar surface area (TPSA) is 32.3 Å². The molecule has 0 saturated heterocycles. The van der Waals surface area contributed by atoms with E-state index in [0.29, 0.717) is 0 Å². The quantitative estimate of drug-likeness (QED) is 0.378. The highest BCUT2D eigenvalue weighted by Crippen LogP contribution is 1.93. The number of rotatable bonds is 2. The molecule has 0 aliphatic heterocycles. The lowest BCUT2D eigenvalue weighted by Crippen LogP contribution is -3.70. The molecule has 7 heavy (non-hydrogen) atoms. The third-order valence-electron chi connectivity index (χ3n) is 0.263. The van der Waals surface area contributed by atoms with Crippen molar-refractivity contribution in [3.05, 3.63) is 0 Å². The van der Waals surface area contributed by atoms with Crippen molar-refractivity contribution in [3.63, 3.8) is 0 Å². The van der Waals surface area contributed by atoms with Gasteiger partial charge in [0.2, 0.25) is 0 Å². The van der Waals surface area contributed by atoms with Gasteiger partial charge in [0.05, 0.1) is 0 Å². The number of hydrogen-bond acceptors (Lipinski definition) is 2. The average Bonchev–Trinajstić information content (AvgIpc) is 1.30. The van der Waals surface area contributed by atoms with Gasteiger partial charge in [-0.25, -0.2) is 2.76 Å². The molecule has 0 rings (SSSR count). The molecule has 2 nitrogen and oxygen atoms in total. The zero-order valence-electron chi connectivity index (χ0n) is 4.69. The van der Waals surface area contributed by atoms with Crippen LogP contribution in [-0.2, 0) is 2.76 Å². The van der Waals surface area contributed by atoms with E-state index < -0.39 is 30.4 Å².